The number of sulfonamides is 1. The van der Waals surface area contributed by atoms with Crippen LogP contribution in [0, 0.1) is 11.8 Å². The smallest absolute Gasteiger partial charge is 0.210 e. The van der Waals surface area contributed by atoms with E-state index in [0.717, 1.165) is 12.5 Å². The minimum Gasteiger partial charge on any atom is -0.315 e. The van der Waals surface area contributed by atoms with E-state index in [1.165, 1.54) is 25.7 Å². The van der Waals surface area contributed by atoms with Gasteiger partial charge in [-0.1, -0.05) is 19.8 Å². The molecule has 1 rings (SSSR count). The van der Waals surface area contributed by atoms with Gasteiger partial charge in [0.1, 0.15) is 0 Å². The topological polar surface area (TPSA) is 72.2 Å². The van der Waals surface area contributed by atoms with Crippen molar-refractivity contribution in [2.24, 2.45) is 17.0 Å². The SMILES string of the molecule is CC1CCCC(CNCCS(N)(=O)=O)C1. The molecule has 1 aliphatic carbocycles. The van der Waals surface area contributed by atoms with Crippen LogP contribution in [0.2, 0.25) is 0 Å². The highest BCUT2D eigenvalue weighted by Gasteiger charge is 2.18. The molecule has 1 fully saturated rings. The van der Waals surface area contributed by atoms with Gasteiger partial charge in [-0.15, -0.1) is 0 Å². The first kappa shape index (κ1) is 12.9. The van der Waals surface area contributed by atoms with Crippen molar-refractivity contribution >= 4 is 10.0 Å². The third-order valence-corrected chi connectivity index (χ3v) is 3.81. The fourth-order valence-electron chi connectivity index (χ4n) is 2.27. The van der Waals surface area contributed by atoms with Crippen molar-refractivity contribution in [2.45, 2.75) is 32.6 Å². The highest BCUT2D eigenvalue weighted by Crippen LogP contribution is 2.27. The van der Waals surface area contributed by atoms with E-state index in [0.29, 0.717) is 12.5 Å². The maximum Gasteiger partial charge on any atom is 0.210 e. The molecule has 1 saturated carbocycles. The lowest BCUT2D eigenvalue weighted by molar-refractivity contribution is 0.276. The van der Waals surface area contributed by atoms with Crippen LogP contribution in [0.4, 0.5) is 0 Å². The summed E-state index contributed by atoms with van der Waals surface area (Å²) < 4.78 is 21.3. The third-order valence-electron chi connectivity index (χ3n) is 3.04. The van der Waals surface area contributed by atoms with E-state index < -0.39 is 10.0 Å². The van der Waals surface area contributed by atoms with Crippen molar-refractivity contribution in [1.82, 2.24) is 5.32 Å². The molecule has 0 aliphatic heterocycles. The Balaban J connectivity index is 2.09. The summed E-state index contributed by atoms with van der Waals surface area (Å²) in [5.41, 5.74) is 0. The van der Waals surface area contributed by atoms with E-state index in [9.17, 15) is 8.42 Å². The summed E-state index contributed by atoms with van der Waals surface area (Å²) in [6.45, 7) is 3.69. The van der Waals surface area contributed by atoms with Crippen molar-refractivity contribution in [3.05, 3.63) is 0 Å². The van der Waals surface area contributed by atoms with Crippen LogP contribution in [-0.2, 0) is 10.0 Å². The number of rotatable bonds is 5. The molecule has 0 radical (unpaired) electrons. The number of primary sulfonamides is 1. The van der Waals surface area contributed by atoms with E-state index in [1.54, 1.807) is 0 Å². The minimum absolute atomic E-state index is 0.0370. The lowest BCUT2D eigenvalue weighted by Gasteiger charge is -2.26. The van der Waals surface area contributed by atoms with Crippen LogP contribution < -0.4 is 10.5 Å². The molecule has 3 N–H and O–H groups in total. The zero-order chi connectivity index (χ0) is 11.3. The quantitative estimate of drug-likeness (QED) is 0.687. The zero-order valence-corrected chi connectivity index (χ0v) is 10.2. The Bertz CT molecular complexity index is 277. The zero-order valence-electron chi connectivity index (χ0n) is 9.41. The van der Waals surface area contributed by atoms with Crippen LogP contribution >= 0.6 is 0 Å². The molecule has 15 heavy (non-hydrogen) atoms. The van der Waals surface area contributed by atoms with Gasteiger partial charge < -0.3 is 5.32 Å². The van der Waals surface area contributed by atoms with Gasteiger partial charge in [-0.25, -0.2) is 13.6 Å². The van der Waals surface area contributed by atoms with Crippen molar-refractivity contribution in [2.75, 3.05) is 18.8 Å². The van der Waals surface area contributed by atoms with E-state index in [2.05, 4.69) is 12.2 Å². The van der Waals surface area contributed by atoms with Gasteiger partial charge in [-0.3, -0.25) is 0 Å². The summed E-state index contributed by atoms with van der Waals surface area (Å²) in [7, 11) is -3.30. The second-order valence-corrected chi connectivity index (χ2v) is 6.44. The predicted octanol–water partition coefficient (Wildman–Crippen LogP) is 0.691. The monoisotopic (exact) mass is 234 g/mol. The standard InChI is InChI=1S/C10H22N2O2S/c1-9-3-2-4-10(7-9)8-12-5-6-15(11,13)14/h9-10,12H,2-8H2,1H3,(H2,11,13,14). The number of hydrogen-bond donors (Lipinski definition) is 2. The molecule has 0 aromatic rings. The van der Waals surface area contributed by atoms with Crippen molar-refractivity contribution in [3.8, 4) is 0 Å². The molecule has 90 valence electrons. The Labute approximate surface area is 92.7 Å². The van der Waals surface area contributed by atoms with Gasteiger partial charge >= 0.3 is 0 Å². The molecule has 0 saturated heterocycles. The van der Waals surface area contributed by atoms with Crippen LogP contribution in [0.3, 0.4) is 0 Å². The second kappa shape index (κ2) is 5.82. The molecule has 2 atom stereocenters. The number of nitrogens with two attached hydrogens (primary N) is 1. The maximum atomic E-state index is 10.7. The van der Waals surface area contributed by atoms with Crippen LogP contribution in [0.5, 0.6) is 0 Å². The molecule has 5 heteroatoms. The summed E-state index contributed by atoms with van der Waals surface area (Å²) in [4.78, 5) is 0. The minimum atomic E-state index is -3.30. The fraction of sp³-hybridized carbons (Fsp3) is 1.00. The second-order valence-electron chi connectivity index (χ2n) is 4.71. The Morgan fingerprint density at radius 1 is 1.40 bits per heavy atom. The van der Waals surface area contributed by atoms with Gasteiger partial charge in [-0.05, 0) is 31.2 Å². The molecule has 0 aromatic heterocycles. The molecule has 0 bridgehead atoms. The predicted molar refractivity (Wildman–Crippen MR) is 62.0 cm³/mol. The molecule has 0 aromatic carbocycles. The summed E-state index contributed by atoms with van der Waals surface area (Å²) >= 11 is 0. The lowest BCUT2D eigenvalue weighted by Crippen LogP contribution is -2.32. The Morgan fingerprint density at radius 3 is 2.73 bits per heavy atom. The average molecular weight is 234 g/mol. The molecular formula is C10H22N2O2S. The number of hydrogen-bond acceptors (Lipinski definition) is 3. The summed E-state index contributed by atoms with van der Waals surface area (Å²) in [5, 5.41) is 8.08. The Morgan fingerprint density at radius 2 is 2.13 bits per heavy atom. The van der Waals surface area contributed by atoms with Gasteiger partial charge in [0.05, 0.1) is 5.75 Å². The molecular weight excluding hydrogens is 212 g/mol. The first-order valence-corrected chi connectivity index (χ1v) is 7.40. The van der Waals surface area contributed by atoms with Crippen LogP contribution in [0.25, 0.3) is 0 Å². The van der Waals surface area contributed by atoms with Crippen LogP contribution in [-0.4, -0.2) is 27.3 Å². The highest BCUT2D eigenvalue weighted by molar-refractivity contribution is 7.89. The van der Waals surface area contributed by atoms with E-state index in [1.807, 2.05) is 0 Å². The van der Waals surface area contributed by atoms with E-state index >= 15 is 0 Å². The summed E-state index contributed by atoms with van der Waals surface area (Å²) in [6, 6.07) is 0. The Kier molecular flexibility index (Phi) is 5.02. The van der Waals surface area contributed by atoms with Crippen LogP contribution in [0.15, 0.2) is 0 Å². The largest absolute Gasteiger partial charge is 0.315 e. The average Bonchev–Trinajstić information content (AvgIpc) is 2.11. The first-order valence-electron chi connectivity index (χ1n) is 5.68. The van der Waals surface area contributed by atoms with Gasteiger partial charge in [0.25, 0.3) is 0 Å². The number of nitrogens with one attached hydrogen (secondary N) is 1. The van der Waals surface area contributed by atoms with Crippen LogP contribution in [0.1, 0.15) is 32.6 Å². The van der Waals surface area contributed by atoms with Gasteiger partial charge in [0, 0.05) is 6.54 Å². The van der Waals surface area contributed by atoms with Crippen molar-refractivity contribution < 1.29 is 8.42 Å². The summed E-state index contributed by atoms with van der Waals surface area (Å²) in [5.74, 6) is 1.58. The third kappa shape index (κ3) is 6.12. The lowest BCUT2D eigenvalue weighted by atomic mass is 9.82. The fourth-order valence-corrected chi connectivity index (χ4v) is 2.69. The van der Waals surface area contributed by atoms with Crippen molar-refractivity contribution in [1.29, 1.82) is 0 Å². The van der Waals surface area contributed by atoms with Gasteiger partial charge in [0.15, 0.2) is 0 Å². The highest BCUT2D eigenvalue weighted by atomic mass is 32.2. The van der Waals surface area contributed by atoms with E-state index in [-0.39, 0.29) is 5.75 Å². The molecule has 0 spiro atoms. The normalized spacial score (nSPS) is 27.9. The Hall–Kier alpha value is -0.130. The van der Waals surface area contributed by atoms with Crippen molar-refractivity contribution in [3.63, 3.8) is 0 Å². The molecule has 0 heterocycles. The molecule has 2 unspecified atom stereocenters. The molecule has 1 aliphatic rings. The summed E-state index contributed by atoms with van der Waals surface area (Å²) in [6.07, 6.45) is 5.19. The first-order chi connectivity index (χ1) is 6.97. The van der Waals surface area contributed by atoms with Gasteiger partial charge in [-0.2, -0.15) is 0 Å². The van der Waals surface area contributed by atoms with Gasteiger partial charge in [0.2, 0.25) is 10.0 Å². The molecule has 0 amide bonds. The maximum absolute atomic E-state index is 10.7. The molecule has 4 nitrogen and oxygen atoms in total. The van der Waals surface area contributed by atoms with E-state index in [4.69, 9.17) is 5.14 Å².